The van der Waals surface area contributed by atoms with Crippen molar-refractivity contribution in [2.75, 3.05) is 5.32 Å². The molecule has 2 saturated carbocycles. The lowest BCUT2D eigenvalue weighted by Gasteiger charge is -2.27. The van der Waals surface area contributed by atoms with Gasteiger partial charge in [-0.3, -0.25) is 14.3 Å². The van der Waals surface area contributed by atoms with Crippen molar-refractivity contribution < 1.29 is 9.59 Å². The lowest BCUT2D eigenvalue weighted by atomic mass is 9.83. The van der Waals surface area contributed by atoms with E-state index in [1.54, 1.807) is 17.1 Å². The van der Waals surface area contributed by atoms with Crippen LogP contribution in [-0.4, -0.2) is 33.7 Å². The van der Waals surface area contributed by atoms with Crippen molar-refractivity contribution in [3.63, 3.8) is 0 Å². The van der Waals surface area contributed by atoms with Gasteiger partial charge in [0.15, 0.2) is 0 Å². The summed E-state index contributed by atoms with van der Waals surface area (Å²) in [6.07, 6.45) is 10.2. The van der Waals surface area contributed by atoms with Crippen molar-refractivity contribution in [3.05, 3.63) is 12.4 Å². The maximum atomic E-state index is 12.1. The monoisotopic (exact) mass is 355 g/mol. The molecule has 4 N–H and O–H groups in total. The highest BCUT2D eigenvalue weighted by Gasteiger charge is 2.25. The third-order valence-electron chi connectivity index (χ3n) is 4.58. The number of carbonyl (C=O) groups excluding carboxylic acids is 2. The first-order valence-electron chi connectivity index (χ1n) is 8.47. The van der Waals surface area contributed by atoms with Gasteiger partial charge in [-0.15, -0.1) is 12.4 Å². The predicted molar refractivity (Wildman–Crippen MR) is 93.8 cm³/mol. The second kappa shape index (κ2) is 8.48. The second-order valence-corrected chi connectivity index (χ2v) is 6.73. The van der Waals surface area contributed by atoms with Crippen molar-refractivity contribution in [3.8, 4) is 0 Å². The number of nitrogens with one attached hydrogen (secondary N) is 2. The Hall–Kier alpha value is -1.60. The molecular weight excluding hydrogens is 330 g/mol. The Morgan fingerprint density at radius 2 is 1.96 bits per heavy atom. The number of rotatable bonds is 6. The van der Waals surface area contributed by atoms with Crippen LogP contribution in [0.4, 0.5) is 5.69 Å². The van der Waals surface area contributed by atoms with Crippen LogP contribution in [0.2, 0.25) is 0 Å². The lowest BCUT2D eigenvalue weighted by Crippen LogP contribution is -2.35. The largest absolute Gasteiger partial charge is 0.352 e. The predicted octanol–water partition coefficient (Wildman–Crippen LogP) is 1.43. The molecule has 0 radical (unpaired) electrons. The molecule has 0 saturated heterocycles. The average molecular weight is 356 g/mol. The summed E-state index contributed by atoms with van der Waals surface area (Å²) in [4.78, 5) is 23.8. The van der Waals surface area contributed by atoms with E-state index in [2.05, 4.69) is 15.7 Å². The van der Waals surface area contributed by atoms with Gasteiger partial charge in [0.2, 0.25) is 11.8 Å². The molecule has 8 heteroatoms. The summed E-state index contributed by atoms with van der Waals surface area (Å²) < 4.78 is 1.54. The van der Waals surface area contributed by atoms with E-state index in [0.29, 0.717) is 18.2 Å². The van der Waals surface area contributed by atoms with E-state index in [-0.39, 0.29) is 42.7 Å². The molecule has 2 unspecified atom stereocenters. The second-order valence-electron chi connectivity index (χ2n) is 6.73. The summed E-state index contributed by atoms with van der Waals surface area (Å²) in [5.74, 6) is 0.194. The summed E-state index contributed by atoms with van der Waals surface area (Å²) in [5, 5.41) is 9.87. The molecule has 0 aliphatic heterocycles. The maximum absolute atomic E-state index is 12.1. The van der Waals surface area contributed by atoms with E-state index in [1.807, 2.05) is 0 Å². The number of hydrogen-bond donors (Lipinski definition) is 3. The molecule has 2 atom stereocenters. The first-order chi connectivity index (χ1) is 11.1. The molecule has 0 bridgehead atoms. The number of amides is 2. The standard InChI is InChI=1S/C16H25N5O2.ClH/c17-14-4-2-1-3-11(14)7-15(22)20-13-8-18-21(9-13)10-16(23)19-12-5-6-12;/h8-9,11-12,14H,1-7,10,17H2,(H,19,23)(H,20,22);1H. The Morgan fingerprint density at radius 3 is 2.67 bits per heavy atom. The van der Waals surface area contributed by atoms with Crippen molar-refractivity contribution in [2.45, 2.75) is 63.6 Å². The normalized spacial score (nSPS) is 23.2. The highest BCUT2D eigenvalue weighted by Crippen LogP contribution is 2.26. The van der Waals surface area contributed by atoms with Crippen LogP contribution in [0, 0.1) is 5.92 Å². The minimum atomic E-state index is -0.0401. The Labute approximate surface area is 148 Å². The SMILES string of the molecule is Cl.NC1CCCCC1CC(=O)Nc1cnn(CC(=O)NC2CC2)c1. The Balaban J connectivity index is 0.00000208. The van der Waals surface area contributed by atoms with E-state index < -0.39 is 0 Å². The van der Waals surface area contributed by atoms with Crippen LogP contribution < -0.4 is 16.4 Å². The molecule has 1 aromatic heterocycles. The molecule has 2 amide bonds. The van der Waals surface area contributed by atoms with Gasteiger partial charge in [-0.25, -0.2) is 0 Å². The first-order valence-corrected chi connectivity index (χ1v) is 8.47. The van der Waals surface area contributed by atoms with Gasteiger partial charge in [-0.1, -0.05) is 12.8 Å². The van der Waals surface area contributed by atoms with Gasteiger partial charge in [0, 0.05) is 24.7 Å². The minimum absolute atomic E-state index is 0. The zero-order valence-electron chi connectivity index (χ0n) is 13.7. The first kappa shape index (κ1) is 18.7. The average Bonchev–Trinajstić information content (AvgIpc) is 3.20. The molecular formula is C16H26ClN5O2. The Kier molecular flexibility index (Phi) is 6.62. The molecule has 134 valence electrons. The van der Waals surface area contributed by atoms with Gasteiger partial charge in [0.25, 0.3) is 0 Å². The third kappa shape index (κ3) is 5.49. The van der Waals surface area contributed by atoms with Crippen LogP contribution in [0.1, 0.15) is 44.9 Å². The van der Waals surface area contributed by atoms with Gasteiger partial charge >= 0.3 is 0 Å². The van der Waals surface area contributed by atoms with Gasteiger partial charge in [0.05, 0.1) is 11.9 Å². The van der Waals surface area contributed by atoms with Crippen LogP contribution in [-0.2, 0) is 16.1 Å². The summed E-state index contributed by atoms with van der Waals surface area (Å²) >= 11 is 0. The van der Waals surface area contributed by atoms with Crippen molar-refractivity contribution in [2.24, 2.45) is 11.7 Å². The van der Waals surface area contributed by atoms with Crippen LogP contribution in [0.15, 0.2) is 12.4 Å². The fourth-order valence-electron chi connectivity index (χ4n) is 3.10. The van der Waals surface area contributed by atoms with Crippen LogP contribution >= 0.6 is 12.4 Å². The molecule has 3 rings (SSSR count). The quantitative estimate of drug-likeness (QED) is 0.718. The van der Waals surface area contributed by atoms with E-state index in [9.17, 15) is 9.59 Å². The van der Waals surface area contributed by atoms with Gasteiger partial charge < -0.3 is 16.4 Å². The number of halogens is 1. The van der Waals surface area contributed by atoms with Crippen molar-refractivity contribution >= 4 is 29.9 Å². The Morgan fingerprint density at radius 1 is 1.21 bits per heavy atom. The zero-order chi connectivity index (χ0) is 16.2. The summed E-state index contributed by atoms with van der Waals surface area (Å²) in [5.41, 5.74) is 6.71. The topological polar surface area (TPSA) is 102 Å². The molecule has 2 fully saturated rings. The number of carbonyl (C=O) groups is 2. The zero-order valence-corrected chi connectivity index (χ0v) is 14.6. The highest BCUT2D eigenvalue weighted by atomic mass is 35.5. The number of nitrogens with two attached hydrogens (primary N) is 1. The lowest BCUT2D eigenvalue weighted by molar-refractivity contribution is -0.122. The third-order valence-corrected chi connectivity index (χ3v) is 4.58. The van der Waals surface area contributed by atoms with Gasteiger partial charge in [-0.2, -0.15) is 5.10 Å². The fourth-order valence-corrected chi connectivity index (χ4v) is 3.10. The number of nitrogens with zero attached hydrogens (tertiary/aromatic N) is 2. The van der Waals surface area contributed by atoms with Gasteiger partial charge in [0.1, 0.15) is 6.54 Å². The van der Waals surface area contributed by atoms with Gasteiger partial charge in [-0.05, 0) is 31.6 Å². The molecule has 1 aromatic rings. The molecule has 0 aromatic carbocycles. The smallest absolute Gasteiger partial charge is 0.241 e. The number of hydrogen-bond acceptors (Lipinski definition) is 4. The molecule has 2 aliphatic carbocycles. The van der Waals surface area contributed by atoms with Crippen LogP contribution in [0.25, 0.3) is 0 Å². The molecule has 1 heterocycles. The highest BCUT2D eigenvalue weighted by molar-refractivity contribution is 5.90. The van der Waals surface area contributed by atoms with E-state index in [1.165, 1.54) is 0 Å². The van der Waals surface area contributed by atoms with Crippen molar-refractivity contribution in [1.29, 1.82) is 0 Å². The summed E-state index contributed by atoms with van der Waals surface area (Å²) in [7, 11) is 0. The molecule has 24 heavy (non-hydrogen) atoms. The van der Waals surface area contributed by atoms with E-state index >= 15 is 0 Å². The summed E-state index contributed by atoms with van der Waals surface area (Å²) in [6, 6.07) is 0.472. The fraction of sp³-hybridized carbons (Fsp3) is 0.688. The van der Waals surface area contributed by atoms with Crippen molar-refractivity contribution in [1.82, 2.24) is 15.1 Å². The van der Waals surface area contributed by atoms with E-state index in [0.717, 1.165) is 38.5 Å². The molecule has 0 spiro atoms. The number of aromatic nitrogens is 2. The molecule has 7 nitrogen and oxygen atoms in total. The maximum Gasteiger partial charge on any atom is 0.241 e. The number of anilines is 1. The molecule has 2 aliphatic rings. The van der Waals surface area contributed by atoms with Crippen LogP contribution in [0.3, 0.4) is 0 Å². The minimum Gasteiger partial charge on any atom is -0.352 e. The summed E-state index contributed by atoms with van der Waals surface area (Å²) in [6.45, 7) is 0.180. The Bertz CT molecular complexity index is 573. The van der Waals surface area contributed by atoms with Crippen LogP contribution in [0.5, 0.6) is 0 Å². The van der Waals surface area contributed by atoms with E-state index in [4.69, 9.17) is 5.73 Å².